The molecular weight excluding hydrogens is 186 g/mol. The number of aryl methyl sites for hydroxylation is 2. The number of hydrogen-bond donors (Lipinski definition) is 0. The van der Waals surface area contributed by atoms with Crippen molar-refractivity contribution in [3.63, 3.8) is 0 Å². The van der Waals surface area contributed by atoms with Gasteiger partial charge in [-0.25, -0.2) is 0 Å². The molecule has 0 bridgehead atoms. The number of aldehydes is 1. The summed E-state index contributed by atoms with van der Waals surface area (Å²) in [5.41, 5.74) is 4.94. The average Bonchev–Trinajstić information content (AvgIpc) is 2.83. The van der Waals surface area contributed by atoms with E-state index in [1.165, 1.54) is 35.0 Å². The minimum absolute atomic E-state index is 0.780. The maximum Gasteiger partial charge on any atom is 0.150 e. The van der Waals surface area contributed by atoms with E-state index in [4.69, 9.17) is 0 Å². The fourth-order valence-electron chi connectivity index (χ4n) is 2.69. The van der Waals surface area contributed by atoms with E-state index in [-0.39, 0.29) is 0 Å². The van der Waals surface area contributed by atoms with E-state index in [0.29, 0.717) is 0 Å². The third-order valence-corrected chi connectivity index (χ3v) is 3.44. The van der Waals surface area contributed by atoms with E-state index < -0.39 is 0 Å². The van der Waals surface area contributed by atoms with Crippen molar-refractivity contribution in [1.82, 2.24) is 4.57 Å². The highest BCUT2D eigenvalue weighted by atomic mass is 16.1. The van der Waals surface area contributed by atoms with Crippen molar-refractivity contribution in [1.29, 1.82) is 0 Å². The predicted molar refractivity (Wildman–Crippen MR) is 60.3 cm³/mol. The van der Waals surface area contributed by atoms with Gasteiger partial charge in [-0.05, 0) is 43.0 Å². The summed E-state index contributed by atoms with van der Waals surface area (Å²) in [5, 5.41) is 1.27. The van der Waals surface area contributed by atoms with Gasteiger partial charge in [0.05, 0.1) is 0 Å². The van der Waals surface area contributed by atoms with Gasteiger partial charge in [-0.1, -0.05) is 0 Å². The Bertz CT molecular complexity index is 551. The molecule has 1 aromatic heterocycles. The Balaban J connectivity index is 2.40. The molecule has 2 heteroatoms. The van der Waals surface area contributed by atoms with E-state index in [9.17, 15) is 4.79 Å². The summed E-state index contributed by atoms with van der Waals surface area (Å²) in [4.78, 5) is 10.8. The van der Waals surface area contributed by atoms with Crippen molar-refractivity contribution >= 4 is 17.2 Å². The van der Waals surface area contributed by atoms with Crippen LogP contribution in [0.1, 0.15) is 28.0 Å². The van der Waals surface area contributed by atoms with Gasteiger partial charge >= 0.3 is 0 Å². The lowest BCUT2D eigenvalue weighted by atomic mass is 10.1. The van der Waals surface area contributed by atoms with Crippen molar-refractivity contribution in [3.8, 4) is 0 Å². The van der Waals surface area contributed by atoms with Crippen LogP contribution in [-0.2, 0) is 19.9 Å². The minimum atomic E-state index is 0.780. The number of carbonyl (C=O) groups excluding carboxylic acids is 1. The fourth-order valence-corrected chi connectivity index (χ4v) is 2.69. The van der Waals surface area contributed by atoms with Crippen LogP contribution in [0.2, 0.25) is 0 Å². The second-order valence-electron chi connectivity index (χ2n) is 4.23. The Kier molecular flexibility index (Phi) is 1.72. The molecule has 1 aliphatic carbocycles. The first-order valence-corrected chi connectivity index (χ1v) is 5.36. The van der Waals surface area contributed by atoms with Crippen LogP contribution in [0.4, 0.5) is 0 Å². The normalized spacial score (nSPS) is 14.5. The van der Waals surface area contributed by atoms with Crippen LogP contribution in [0, 0.1) is 0 Å². The highest BCUT2D eigenvalue weighted by Crippen LogP contribution is 2.32. The van der Waals surface area contributed by atoms with Gasteiger partial charge in [-0.3, -0.25) is 4.79 Å². The standard InChI is InChI=1S/C13H13NO/c1-14-12-4-2-3-10(12)11-7-9(8-15)5-6-13(11)14/h5-8H,2-4H2,1H3. The van der Waals surface area contributed by atoms with Gasteiger partial charge in [0.25, 0.3) is 0 Å². The summed E-state index contributed by atoms with van der Waals surface area (Å²) in [6.07, 6.45) is 4.51. The molecule has 76 valence electrons. The van der Waals surface area contributed by atoms with Gasteiger partial charge in [-0.2, -0.15) is 0 Å². The lowest BCUT2D eigenvalue weighted by Crippen LogP contribution is -1.93. The Morgan fingerprint density at radius 1 is 1.33 bits per heavy atom. The number of nitrogens with zero attached hydrogens (tertiary/aromatic N) is 1. The lowest BCUT2D eigenvalue weighted by Gasteiger charge is -2.00. The molecule has 1 aliphatic rings. The highest BCUT2D eigenvalue weighted by molar-refractivity contribution is 5.91. The Morgan fingerprint density at radius 3 is 3.00 bits per heavy atom. The molecule has 0 N–H and O–H groups in total. The third-order valence-electron chi connectivity index (χ3n) is 3.44. The number of hydrogen-bond acceptors (Lipinski definition) is 1. The predicted octanol–water partition coefficient (Wildman–Crippen LogP) is 2.48. The molecule has 0 aliphatic heterocycles. The third kappa shape index (κ3) is 1.08. The maximum absolute atomic E-state index is 10.8. The maximum atomic E-state index is 10.8. The summed E-state index contributed by atoms with van der Waals surface area (Å²) < 4.78 is 2.27. The molecule has 0 unspecified atom stereocenters. The molecule has 15 heavy (non-hydrogen) atoms. The molecule has 0 fully saturated rings. The zero-order valence-electron chi connectivity index (χ0n) is 8.79. The van der Waals surface area contributed by atoms with Gasteiger partial charge in [0.1, 0.15) is 6.29 Å². The second kappa shape index (κ2) is 2.96. The smallest absolute Gasteiger partial charge is 0.150 e. The molecule has 2 aromatic rings. The van der Waals surface area contributed by atoms with Crippen LogP contribution in [0.3, 0.4) is 0 Å². The highest BCUT2D eigenvalue weighted by Gasteiger charge is 2.19. The topological polar surface area (TPSA) is 22.0 Å². The van der Waals surface area contributed by atoms with Gasteiger partial charge in [0.15, 0.2) is 0 Å². The fraction of sp³-hybridized carbons (Fsp3) is 0.308. The zero-order valence-corrected chi connectivity index (χ0v) is 8.79. The SMILES string of the molecule is Cn1c2c(c3cc(C=O)ccc31)CCC2. The Morgan fingerprint density at radius 2 is 2.20 bits per heavy atom. The summed E-state index contributed by atoms with van der Waals surface area (Å²) in [6, 6.07) is 5.97. The summed E-state index contributed by atoms with van der Waals surface area (Å²) >= 11 is 0. The van der Waals surface area contributed by atoms with E-state index >= 15 is 0 Å². The van der Waals surface area contributed by atoms with Gasteiger partial charge in [-0.15, -0.1) is 0 Å². The molecule has 1 aromatic carbocycles. The summed E-state index contributed by atoms with van der Waals surface area (Å²) in [7, 11) is 2.12. The van der Waals surface area contributed by atoms with Crippen molar-refractivity contribution in [2.24, 2.45) is 7.05 Å². The Hall–Kier alpha value is -1.57. The summed E-state index contributed by atoms with van der Waals surface area (Å²) in [5.74, 6) is 0. The van der Waals surface area contributed by atoms with Crippen LogP contribution in [0.25, 0.3) is 10.9 Å². The molecule has 0 saturated heterocycles. The van der Waals surface area contributed by atoms with E-state index in [1.807, 2.05) is 12.1 Å². The van der Waals surface area contributed by atoms with Gasteiger partial charge in [0, 0.05) is 29.2 Å². The largest absolute Gasteiger partial charge is 0.347 e. The van der Waals surface area contributed by atoms with Crippen LogP contribution in [0.5, 0.6) is 0 Å². The molecule has 2 nitrogen and oxygen atoms in total. The molecule has 0 spiro atoms. The van der Waals surface area contributed by atoms with Crippen molar-refractivity contribution in [2.75, 3.05) is 0 Å². The lowest BCUT2D eigenvalue weighted by molar-refractivity contribution is 0.112. The van der Waals surface area contributed by atoms with E-state index in [0.717, 1.165) is 18.3 Å². The van der Waals surface area contributed by atoms with Crippen molar-refractivity contribution < 1.29 is 4.79 Å². The monoisotopic (exact) mass is 199 g/mol. The first-order chi connectivity index (χ1) is 7.31. The van der Waals surface area contributed by atoms with Crippen LogP contribution >= 0.6 is 0 Å². The molecule has 0 saturated carbocycles. The van der Waals surface area contributed by atoms with Crippen LogP contribution in [0.15, 0.2) is 18.2 Å². The number of carbonyl (C=O) groups is 1. The second-order valence-corrected chi connectivity index (χ2v) is 4.23. The van der Waals surface area contributed by atoms with E-state index in [1.54, 1.807) is 0 Å². The van der Waals surface area contributed by atoms with Gasteiger partial charge < -0.3 is 4.57 Å². The summed E-state index contributed by atoms with van der Waals surface area (Å²) in [6.45, 7) is 0. The number of aromatic nitrogens is 1. The van der Waals surface area contributed by atoms with Crippen molar-refractivity contribution in [2.45, 2.75) is 19.3 Å². The quantitative estimate of drug-likeness (QED) is 0.647. The molecule has 0 amide bonds. The first-order valence-electron chi connectivity index (χ1n) is 5.36. The molecule has 1 heterocycles. The van der Waals surface area contributed by atoms with Crippen molar-refractivity contribution in [3.05, 3.63) is 35.0 Å². The van der Waals surface area contributed by atoms with Crippen LogP contribution < -0.4 is 0 Å². The number of rotatable bonds is 1. The number of benzene rings is 1. The van der Waals surface area contributed by atoms with Crippen LogP contribution in [-0.4, -0.2) is 10.9 Å². The van der Waals surface area contributed by atoms with Gasteiger partial charge in [0.2, 0.25) is 0 Å². The van der Waals surface area contributed by atoms with E-state index in [2.05, 4.69) is 17.7 Å². The average molecular weight is 199 g/mol. The zero-order chi connectivity index (χ0) is 10.4. The molecule has 0 atom stereocenters. The minimum Gasteiger partial charge on any atom is -0.347 e. The molecular formula is C13H13NO. The molecule has 3 rings (SSSR count). The number of fused-ring (bicyclic) bond motifs is 3. The first kappa shape index (κ1) is 8.72. The Labute approximate surface area is 88.5 Å². The molecule has 0 radical (unpaired) electrons.